The molecule has 2 atom stereocenters. The summed E-state index contributed by atoms with van der Waals surface area (Å²) in [6.45, 7) is 3.15. The fourth-order valence-corrected chi connectivity index (χ4v) is 1.53. The third-order valence-electron chi connectivity index (χ3n) is 2.78. The van der Waals surface area contributed by atoms with Crippen LogP contribution in [-0.4, -0.2) is 16.5 Å². The van der Waals surface area contributed by atoms with Crippen molar-refractivity contribution in [3.8, 4) is 0 Å². The van der Waals surface area contributed by atoms with E-state index < -0.39 is 4.92 Å². The van der Waals surface area contributed by atoms with Gasteiger partial charge in [0.05, 0.1) is 5.69 Å². The van der Waals surface area contributed by atoms with Crippen LogP contribution >= 0.6 is 0 Å². The predicted octanol–water partition coefficient (Wildman–Crippen LogP) is 2.06. The van der Waals surface area contributed by atoms with Crippen molar-refractivity contribution in [1.29, 1.82) is 0 Å². The van der Waals surface area contributed by atoms with Crippen LogP contribution < -0.4 is 5.32 Å². The van der Waals surface area contributed by atoms with Crippen LogP contribution in [0.4, 0.5) is 11.5 Å². The van der Waals surface area contributed by atoms with E-state index in [1.807, 2.05) is 0 Å². The molecule has 0 aliphatic heterocycles. The molecule has 0 spiro atoms. The zero-order valence-corrected chi connectivity index (χ0v) is 8.51. The van der Waals surface area contributed by atoms with Crippen LogP contribution in [0, 0.1) is 22.0 Å². The van der Waals surface area contributed by atoms with Gasteiger partial charge in [0, 0.05) is 12.6 Å². The highest BCUT2D eigenvalue weighted by Crippen LogP contribution is 2.37. The minimum atomic E-state index is -0.493. The molecular weight excluding hydrogens is 194 g/mol. The van der Waals surface area contributed by atoms with Crippen molar-refractivity contribution < 1.29 is 4.92 Å². The smallest absolute Gasteiger partial charge is 0.363 e. The predicted molar refractivity (Wildman–Crippen MR) is 56.7 cm³/mol. The normalized spacial score (nSPS) is 23.5. The lowest BCUT2D eigenvalue weighted by Crippen LogP contribution is -2.04. The molecule has 1 aromatic heterocycles. The highest BCUT2D eigenvalue weighted by molar-refractivity contribution is 5.43. The molecule has 0 aromatic carbocycles. The Balaban J connectivity index is 1.89. The van der Waals surface area contributed by atoms with Gasteiger partial charge < -0.3 is 15.4 Å². The van der Waals surface area contributed by atoms with Crippen LogP contribution in [-0.2, 0) is 0 Å². The maximum atomic E-state index is 10.4. The summed E-state index contributed by atoms with van der Waals surface area (Å²) in [5, 5.41) is 13.6. The molecule has 2 unspecified atom stereocenters. The van der Waals surface area contributed by atoms with E-state index in [4.69, 9.17) is 0 Å². The van der Waals surface area contributed by atoms with Crippen LogP contribution in [0.25, 0.3) is 0 Å². The van der Waals surface area contributed by atoms with Crippen molar-refractivity contribution in [2.45, 2.75) is 13.3 Å². The lowest BCUT2D eigenvalue weighted by atomic mass is 10.3. The highest BCUT2D eigenvalue weighted by atomic mass is 16.6. The topological polar surface area (TPSA) is 68.1 Å². The molecule has 1 aromatic rings. The Morgan fingerprint density at radius 2 is 2.40 bits per heavy atom. The van der Waals surface area contributed by atoms with Crippen LogP contribution in [0.3, 0.4) is 0 Å². The summed E-state index contributed by atoms with van der Waals surface area (Å²) in [4.78, 5) is 13.6. The highest BCUT2D eigenvalue weighted by Gasteiger charge is 2.31. The molecule has 0 bridgehead atoms. The first-order valence-corrected chi connectivity index (χ1v) is 5.01. The zero-order chi connectivity index (χ0) is 10.8. The number of nitro groups is 1. The van der Waals surface area contributed by atoms with Gasteiger partial charge in [0.25, 0.3) is 0 Å². The summed E-state index contributed by atoms with van der Waals surface area (Å²) in [5.74, 6) is 1.45. The third kappa shape index (κ3) is 2.43. The van der Waals surface area contributed by atoms with Gasteiger partial charge in [-0.3, -0.25) is 0 Å². The monoisotopic (exact) mass is 207 g/mol. The summed E-state index contributed by atoms with van der Waals surface area (Å²) in [6, 6.07) is 3.11. The van der Waals surface area contributed by atoms with Gasteiger partial charge in [-0.05, 0) is 34.2 Å². The van der Waals surface area contributed by atoms with Crippen LogP contribution in [0.1, 0.15) is 13.3 Å². The first-order valence-electron chi connectivity index (χ1n) is 5.01. The van der Waals surface area contributed by atoms with Gasteiger partial charge in [0.1, 0.15) is 0 Å². The van der Waals surface area contributed by atoms with Crippen LogP contribution in [0.5, 0.6) is 0 Å². The van der Waals surface area contributed by atoms with E-state index >= 15 is 0 Å². The number of nitrogens with zero attached hydrogens (tertiary/aromatic N) is 2. The SMILES string of the molecule is CC1CC1CNc1ccc([N+](=O)[O-])nc1. The Morgan fingerprint density at radius 3 is 2.87 bits per heavy atom. The standard InChI is InChI=1S/C10H13N3O2/c1-7-4-8(7)5-11-9-2-3-10(12-6-9)13(14)15/h2-3,6-8,11H,4-5H2,1H3. The van der Waals surface area contributed by atoms with Gasteiger partial charge in [-0.1, -0.05) is 6.92 Å². The fourth-order valence-electron chi connectivity index (χ4n) is 1.53. The molecule has 1 heterocycles. The first-order chi connectivity index (χ1) is 7.16. The van der Waals surface area contributed by atoms with Crippen molar-refractivity contribution in [1.82, 2.24) is 4.98 Å². The van der Waals surface area contributed by atoms with Gasteiger partial charge in [0.2, 0.25) is 0 Å². The van der Waals surface area contributed by atoms with Crippen molar-refractivity contribution in [2.24, 2.45) is 11.8 Å². The summed E-state index contributed by atoms with van der Waals surface area (Å²) in [6.07, 6.45) is 2.78. The Bertz CT molecular complexity index is 363. The molecule has 1 aliphatic rings. The number of aromatic nitrogens is 1. The molecule has 5 nitrogen and oxygen atoms in total. The second-order valence-electron chi connectivity index (χ2n) is 4.02. The van der Waals surface area contributed by atoms with E-state index in [2.05, 4.69) is 17.2 Å². The largest absolute Gasteiger partial charge is 0.382 e. The molecule has 1 N–H and O–H groups in total. The number of pyridine rings is 1. The lowest BCUT2D eigenvalue weighted by molar-refractivity contribution is -0.389. The molecule has 0 saturated heterocycles. The second kappa shape index (κ2) is 3.84. The molecule has 5 heteroatoms. The number of nitrogens with one attached hydrogen (secondary N) is 1. The molecule has 15 heavy (non-hydrogen) atoms. The summed E-state index contributed by atoms with van der Waals surface area (Å²) < 4.78 is 0. The second-order valence-corrected chi connectivity index (χ2v) is 4.02. The minimum absolute atomic E-state index is 0.111. The number of anilines is 1. The van der Waals surface area contributed by atoms with E-state index in [-0.39, 0.29) is 5.82 Å². The molecule has 80 valence electrons. The lowest BCUT2D eigenvalue weighted by Gasteiger charge is -2.02. The average molecular weight is 207 g/mol. The van der Waals surface area contributed by atoms with E-state index in [0.717, 1.165) is 24.1 Å². The van der Waals surface area contributed by atoms with Crippen molar-refractivity contribution in [3.05, 3.63) is 28.4 Å². The Morgan fingerprint density at radius 1 is 1.67 bits per heavy atom. The van der Waals surface area contributed by atoms with E-state index in [0.29, 0.717) is 0 Å². The maximum Gasteiger partial charge on any atom is 0.363 e. The molecule has 0 amide bonds. The van der Waals surface area contributed by atoms with Crippen LogP contribution in [0.15, 0.2) is 18.3 Å². The van der Waals surface area contributed by atoms with Gasteiger partial charge in [-0.15, -0.1) is 0 Å². The van der Waals surface area contributed by atoms with Crippen molar-refractivity contribution in [2.75, 3.05) is 11.9 Å². The molecule has 0 radical (unpaired) electrons. The Labute approximate surface area is 87.7 Å². The summed E-state index contributed by atoms with van der Waals surface area (Å²) >= 11 is 0. The number of rotatable bonds is 4. The van der Waals surface area contributed by atoms with Crippen LogP contribution in [0.2, 0.25) is 0 Å². The zero-order valence-electron chi connectivity index (χ0n) is 8.51. The van der Waals surface area contributed by atoms with Gasteiger partial charge >= 0.3 is 5.82 Å². The van der Waals surface area contributed by atoms with Crippen molar-refractivity contribution >= 4 is 11.5 Å². The average Bonchev–Trinajstić information content (AvgIpc) is 2.92. The van der Waals surface area contributed by atoms with Crippen molar-refractivity contribution in [3.63, 3.8) is 0 Å². The fraction of sp³-hybridized carbons (Fsp3) is 0.500. The molecule has 1 aliphatic carbocycles. The summed E-state index contributed by atoms with van der Waals surface area (Å²) in [7, 11) is 0. The maximum absolute atomic E-state index is 10.4. The molecule has 1 fully saturated rings. The minimum Gasteiger partial charge on any atom is -0.382 e. The summed E-state index contributed by atoms with van der Waals surface area (Å²) in [5.41, 5.74) is 0.847. The third-order valence-corrected chi connectivity index (χ3v) is 2.78. The van der Waals surface area contributed by atoms with E-state index in [1.54, 1.807) is 6.07 Å². The van der Waals surface area contributed by atoms with E-state index in [9.17, 15) is 10.1 Å². The Hall–Kier alpha value is -1.65. The number of hydrogen-bond acceptors (Lipinski definition) is 4. The van der Waals surface area contributed by atoms with Gasteiger partial charge in [0.15, 0.2) is 6.20 Å². The Kier molecular flexibility index (Phi) is 2.53. The number of hydrogen-bond donors (Lipinski definition) is 1. The van der Waals surface area contributed by atoms with Gasteiger partial charge in [-0.2, -0.15) is 0 Å². The molecule has 2 rings (SSSR count). The quantitative estimate of drug-likeness (QED) is 0.606. The molecule has 1 saturated carbocycles. The van der Waals surface area contributed by atoms with Gasteiger partial charge in [-0.25, -0.2) is 0 Å². The first kappa shape index (κ1) is 9.89. The molecular formula is C10H13N3O2. The van der Waals surface area contributed by atoms with E-state index in [1.165, 1.54) is 18.7 Å².